The summed E-state index contributed by atoms with van der Waals surface area (Å²) in [6.07, 6.45) is 1.47. The lowest BCUT2D eigenvalue weighted by Crippen LogP contribution is -2.21. The molecular formula is C15H12N4O3. The Hall–Kier alpha value is -3.22. The predicted molar refractivity (Wildman–Crippen MR) is 79.0 cm³/mol. The van der Waals surface area contributed by atoms with Crippen molar-refractivity contribution in [3.63, 3.8) is 0 Å². The first-order chi connectivity index (χ1) is 10.6. The van der Waals surface area contributed by atoms with Gasteiger partial charge in [-0.1, -0.05) is 18.2 Å². The van der Waals surface area contributed by atoms with Crippen molar-refractivity contribution in [3.8, 4) is 17.2 Å². The summed E-state index contributed by atoms with van der Waals surface area (Å²) < 4.78 is 2.50. The number of hydrogen-bond acceptors (Lipinski definition) is 4. The molecule has 0 fully saturated rings. The first-order valence-electron chi connectivity index (χ1n) is 6.49. The zero-order chi connectivity index (χ0) is 15.7. The van der Waals surface area contributed by atoms with Crippen LogP contribution in [0.15, 0.2) is 53.5 Å². The quantitative estimate of drug-likeness (QED) is 0.787. The van der Waals surface area contributed by atoms with Crippen molar-refractivity contribution >= 4 is 5.97 Å². The minimum absolute atomic E-state index is 0.00388. The minimum Gasteiger partial charge on any atom is -0.478 e. The highest BCUT2D eigenvalue weighted by molar-refractivity contribution is 5.93. The maximum Gasteiger partial charge on any atom is 0.350 e. The van der Waals surface area contributed by atoms with E-state index < -0.39 is 5.97 Å². The van der Waals surface area contributed by atoms with Gasteiger partial charge in [0.2, 0.25) is 0 Å². The summed E-state index contributed by atoms with van der Waals surface area (Å²) in [5.74, 6) is -0.920. The Labute approximate surface area is 125 Å². The number of carbonyl (C=O) groups is 1. The van der Waals surface area contributed by atoms with Gasteiger partial charge in [-0.05, 0) is 24.3 Å². The van der Waals surface area contributed by atoms with Gasteiger partial charge in [0, 0.05) is 13.2 Å². The van der Waals surface area contributed by atoms with Gasteiger partial charge < -0.3 is 5.11 Å². The van der Waals surface area contributed by atoms with Crippen LogP contribution in [0, 0.1) is 0 Å². The van der Waals surface area contributed by atoms with Crippen molar-refractivity contribution in [2.24, 2.45) is 7.05 Å². The number of para-hydroxylation sites is 1. The van der Waals surface area contributed by atoms with Crippen LogP contribution in [0.2, 0.25) is 0 Å². The Balaban J connectivity index is 2.23. The molecule has 0 saturated heterocycles. The fourth-order valence-corrected chi connectivity index (χ4v) is 2.14. The predicted octanol–water partition coefficient (Wildman–Crippen LogP) is 1.33. The molecule has 7 nitrogen and oxygen atoms in total. The lowest BCUT2D eigenvalue weighted by Gasteiger charge is -2.02. The molecule has 2 heterocycles. The largest absolute Gasteiger partial charge is 0.478 e. The Morgan fingerprint density at radius 1 is 1.14 bits per heavy atom. The molecule has 3 aromatic rings. The van der Waals surface area contributed by atoms with Crippen molar-refractivity contribution in [2.75, 3.05) is 0 Å². The number of rotatable bonds is 3. The highest BCUT2D eigenvalue weighted by Crippen LogP contribution is 2.18. The highest BCUT2D eigenvalue weighted by Gasteiger charge is 2.20. The molecule has 110 valence electrons. The first-order valence-corrected chi connectivity index (χ1v) is 6.49. The van der Waals surface area contributed by atoms with Gasteiger partial charge in [-0.3, -0.25) is 9.55 Å². The molecule has 0 saturated carbocycles. The standard InChI is InChI=1S/C15H12N4O3/c1-18-13(12-11(14(20)21)8-5-9-16-12)17-19(15(18)22)10-6-3-2-4-7-10/h2-9H,1H3,(H,20,21). The second-order valence-corrected chi connectivity index (χ2v) is 4.62. The number of aromatic carboxylic acids is 1. The van der Waals surface area contributed by atoms with Crippen LogP contribution in [0.1, 0.15) is 10.4 Å². The first kappa shape index (κ1) is 13.7. The van der Waals surface area contributed by atoms with Crippen LogP contribution in [0.5, 0.6) is 0 Å². The van der Waals surface area contributed by atoms with Gasteiger partial charge in [0.15, 0.2) is 5.82 Å². The van der Waals surface area contributed by atoms with Crippen molar-refractivity contribution in [1.82, 2.24) is 19.3 Å². The van der Waals surface area contributed by atoms with E-state index in [9.17, 15) is 14.7 Å². The molecule has 0 spiro atoms. The second kappa shape index (κ2) is 5.28. The Bertz CT molecular complexity index is 897. The van der Waals surface area contributed by atoms with Gasteiger partial charge >= 0.3 is 11.7 Å². The van der Waals surface area contributed by atoms with E-state index in [2.05, 4.69) is 10.1 Å². The molecule has 0 aliphatic rings. The van der Waals surface area contributed by atoms with Crippen molar-refractivity contribution in [3.05, 3.63) is 64.7 Å². The molecule has 7 heteroatoms. The molecule has 0 radical (unpaired) electrons. The number of nitrogens with zero attached hydrogens (tertiary/aromatic N) is 4. The van der Waals surface area contributed by atoms with Crippen molar-refractivity contribution in [2.45, 2.75) is 0 Å². The van der Waals surface area contributed by atoms with Crippen LogP contribution in [0.25, 0.3) is 17.2 Å². The normalized spacial score (nSPS) is 10.6. The average molecular weight is 296 g/mol. The molecule has 0 aliphatic carbocycles. The highest BCUT2D eigenvalue weighted by atomic mass is 16.4. The molecule has 2 aromatic heterocycles. The monoisotopic (exact) mass is 296 g/mol. The third-order valence-electron chi connectivity index (χ3n) is 3.23. The molecule has 1 aromatic carbocycles. The van der Waals surface area contributed by atoms with Crippen LogP contribution >= 0.6 is 0 Å². The summed E-state index contributed by atoms with van der Waals surface area (Å²) in [4.78, 5) is 27.7. The molecule has 0 atom stereocenters. The SMILES string of the molecule is Cn1c(-c2ncccc2C(=O)O)nn(-c2ccccc2)c1=O. The van der Waals surface area contributed by atoms with E-state index in [1.54, 1.807) is 24.3 Å². The Kier molecular flexibility index (Phi) is 3.30. The minimum atomic E-state index is -1.12. The second-order valence-electron chi connectivity index (χ2n) is 4.62. The van der Waals surface area contributed by atoms with Crippen LogP contribution < -0.4 is 5.69 Å². The molecule has 3 rings (SSSR count). The van der Waals surface area contributed by atoms with Gasteiger partial charge in [0.05, 0.1) is 11.3 Å². The van der Waals surface area contributed by atoms with Crippen LogP contribution in [-0.2, 0) is 7.05 Å². The van der Waals surface area contributed by atoms with Gasteiger partial charge in [-0.15, -0.1) is 5.10 Å². The number of pyridine rings is 1. The molecular weight excluding hydrogens is 284 g/mol. The summed E-state index contributed by atoms with van der Waals surface area (Å²) in [6.45, 7) is 0. The van der Waals surface area contributed by atoms with E-state index in [1.807, 2.05) is 6.07 Å². The summed E-state index contributed by atoms with van der Waals surface area (Å²) in [7, 11) is 1.53. The van der Waals surface area contributed by atoms with E-state index in [4.69, 9.17) is 0 Å². The number of aromatic nitrogens is 4. The third kappa shape index (κ3) is 2.18. The van der Waals surface area contributed by atoms with E-state index in [0.717, 1.165) is 0 Å². The van der Waals surface area contributed by atoms with E-state index in [0.29, 0.717) is 5.69 Å². The molecule has 22 heavy (non-hydrogen) atoms. The fraction of sp³-hybridized carbons (Fsp3) is 0.0667. The summed E-state index contributed by atoms with van der Waals surface area (Å²) in [5.41, 5.74) is 0.380. The van der Waals surface area contributed by atoms with Gasteiger partial charge in [0.25, 0.3) is 0 Å². The van der Waals surface area contributed by atoms with Gasteiger partial charge in [-0.25, -0.2) is 9.59 Å². The summed E-state index contributed by atoms with van der Waals surface area (Å²) in [6, 6.07) is 11.9. The third-order valence-corrected chi connectivity index (χ3v) is 3.23. The van der Waals surface area contributed by atoms with Crippen molar-refractivity contribution in [1.29, 1.82) is 0 Å². The van der Waals surface area contributed by atoms with Crippen LogP contribution in [0.3, 0.4) is 0 Å². The number of benzene rings is 1. The van der Waals surface area contributed by atoms with Crippen LogP contribution in [0.4, 0.5) is 0 Å². The summed E-state index contributed by atoms with van der Waals surface area (Å²) in [5, 5.41) is 13.5. The molecule has 0 amide bonds. The maximum absolute atomic E-state index is 12.3. The lowest BCUT2D eigenvalue weighted by molar-refractivity contribution is 0.0697. The molecule has 0 bridgehead atoms. The van der Waals surface area contributed by atoms with Crippen molar-refractivity contribution < 1.29 is 9.90 Å². The van der Waals surface area contributed by atoms with E-state index in [-0.39, 0.29) is 22.8 Å². The molecule has 0 aliphatic heterocycles. The molecule has 0 unspecified atom stereocenters. The van der Waals surface area contributed by atoms with E-state index in [1.165, 1.54) is 34.6 Å². The topological polar surface area (TPSA) is 90.0 Å². The van der Waals surface area contributed by atoms with E-state index >= 15 is 0 Å². The number of carboxylic acids is 1. The Morgan fingerprint density at radius 2 is 1.86 bits per heavy atom. The van der Waals surface area contributed by atoms with Crippen LogP contribution in [-0.4, -0.2) is 30.4 Å². The zero-order valence-electron chi connectivity index (χ0n) is 11.7. The van der Waals surface area contributed by atoms with Gasteiger partial charge in [-0.2, -0.15) is 4.68 Å². The number of hydrogen-bond donors (Lipinski definition) is 1. The molecule has 1 N–H and O–H groups in total. The maximum atomic E-state index is 12.3. The van der Waals surface area contributed by atoms with Gasteiger partial charge in [0.1, 0.15) is 5.69 Å². The smallest absolute Gasteiger partial charge is 0.350 e. The average Bonchev–Trinajstić information content (AvgIpc) is 2.84. The summed E-state index contributed by atoms with van der Waals surface area (Å²) >= 11 is 0. The Morgan fingerprint density at radius 3 is 2.55 bits per heavy atom. The zero-order valence-corrected chi connectivity index (χ0v) is 11.7. The lowest BCUT2D eigenvalue weighted by atomic mass is 10.2. The fourth-order valence-electron chi connectivity index (χ4n) is 2.14. The number of carboxylic acid groups (broad SMARTS) is 1.